The van der Waals surface area contributed by atoms with Gasteiger partial charge in [-0.3, -0.25) is 14.7 Å². The largest absolute Gasteiger partial charge is 0.497 e. The molecule has 0 unspecified atom stereocenters. The maximum atomic E-state index is 13.5. The van der Waals surface area contributed by atoms with Crippen LogP contribution in [0.3, 0.4) is 0 Å². The lowest BCUT2D eigenvalue weighted by Gasteiger charge is -2.57. The summed E-state index contributed by atoms with van der Waals surface area (Å²) in [5.74, 6) is 2.21. The zero-order valence-electron chi connectivity index (χ0n) is 19.6. The molecule has 2 aromatic rings. The van der Waals surface area contributed by atoms with Crippen molar-refractivity contribution in [2.75, 3.05) is 26.7 Å². The van der Waals surface area contributed by atoms with Gasteiger partial charge in [-0.25, -0.2) is 0 Å². The molecule has 0 N–H and O–H groups in total. The van der Waals surface area contributed by atoms with Gasteiger partial charge in [0.1, 0.15) is 5.75 Å². The molecule has 5 heteroatoms. The van der Waals surface area contributed by atoms with Crippen LogP contribution in [0.25, 0.3) is 0 Å². The number of hydrogen-bond donors (Lipinski definition) is 0. The van der Waals surface area contributed by atoms with Crippen molar-refractivity contribution in [1.82, 2.24) is 14.8 Å². The lowest BCUT2D eigenvalue weighted by Crippen LogP contribution is -2.64. The average molecular weight is 434 g/mol. The molecular weight excluding hydrogens is 398 g/mol. The fourth-order valence-electron chi connectivity index (χ4n) is 6.54. The summed E-state index contributed by atoms with van der Waals surface area (Å²) in [6, 6.07) is 13.5. The Morgan fingerprint density at radius 1 is 1.09 bits per heavy atom. The topological polar surface area (TPSA) is 45.7 Å². The highest BCUT2D eigenvalue weighted by molar-refractivity contribution is 5.94. The molecule has 3 aliphatic heterocycles. The monoisotopic (exact) mass is 433 g/mol. The number of amides is 1. The molecule has 1 aromatic carbocycles. The van der Waals surface area contributed by atoms with Crippen LogP contribution in [0.2, 0.25) is 0 Å². The minimum atomic E-state index is 0.178. The van der Waals surface area contributed by atoms with Crippen molar-refractivity contribution < 1.29 is 9.53 Å². The molecule has 5 rings (SSSR count). The molecule has 3 saturated heterocycles. The van der Waals surface area contributed by atoms with Crippen molar-refractivity contribution in [2.24, 2.45) is 11.8 Å². The van der Waals surface area contributed by atoms with Crippen LogP contribution in [0.5, 0.6) is 5.75 Å². The van der Waals surface area contributed by atoms with E-state index in [2.05, 4.69) is 33.0 Å². The normalized spacial score (nSPS) is 27.7. The first-order valence-electron chi connectivity index (χ1n) is 12.1. The van der Waals surface area contributed by atoms with Crippen LogP contribution in [0, 0.1) is 25.7 Å². The highest BCUT2D eigenvalue weighted by Crippen LogP contribution is 2.42. The summed E-state index contributed by atoms with van der Waals surface area (Å²) in [6.07, 6.45) is 6.14. The lowest BCUT2D eigenvalue weighted by molar-refractivity contribution is -0.0642. The zero-order chi connectivity index (χ0) is 22.2. The molecule has 3 aliphatic rings. The Labute approximate surface area is 191 Å². The molecule has 32 heavy (non-hydrogen) atoms. The second-order valence-electron chi connectivity index (χ2n) is 10.0. The van der Waals surface area contributed by atoms with Crippen molar-refractivity contribution >= 4 is 5.91 Å². The van der Waals surface area contributed by atoms with Gasteiger partial charge in [0.2, 0.25) is 0 Å². The second-order valence-corrected chi connectivity index (χ2v) is 10.0. The Morgan fingerprint density at radius 2 is 1.88 bits per heavy atom. The number of hydrogen-bond acceptors (Lipinski definition) is 4. The maximum Gasteiger partial charge on any atom is 0.254 e. The third-order valence-electron chi connectivity index (χ3n) is 7.82. The molecule has 170 valence electrons. The quantitative estimate of drug-likeness (QED) is 0.723. The van der Waals surface area contributed by atoms with Gasteiger partial charge in [0, 0.05) is 42.1 Å². The first-order valence-corrected chi connectivity index (χ1v) is 12.1. The van der Waals surface area contributed by atoms with Gasteiger partial charge in [-0.1, -0.05) is 18.6 Å². The van der Waals surface area contributed by atoms with Gasteiger partial charge in [0.25, 0.3) is 5.91 Å². The number of nitrogens with zero attached hydrogens (tertiary/aromatic N) is 3. The molecule has 0 radical (unpaired) electrons. The van der Waals surface area contributed by atoms with Crippen molar-refractivity contribution in [3.05, 3.63) is 58.9 Å². The van der Waals surface area contributed by atoms with E-state index < -0.39 is 0 Å². The van der Waals surface area contributed by atoms with Gasteiger partial charge in [-0.2, -0.15) is 0 Å². The van der Waals surface area contributed by atoms with Gasteiger partial charge in [-0.15, -0.1) is 0 Å². The van der Waals surface area contributed by atoms with Crippen molar-refractivity contribution in [1.29, 1.82) is 0 Å². The standard InChI is InChI=1S/C27H35N3O2/c1-18-11-21(12-19(2)28-18)27(31)29-16-22-15-23(17-29)26(30-10-5-4-9-25(22)30)14-20-7-6-8-24(13-20)32-3/h6-8,11-13,22-23,25-26H,4-5,9-10,14-17H2,1-3H3/t22-,23+,25+,26+/m1/s1. The van der Waals surface area contributed by atoms with Gasteiger partial charge in [0.05, 0.1) is 7.11 Å². The van der Waals surface area contributed by atoms with E-state index in [9.17, 15) is 4.79 Å². The number of benzene rings is 1. The molecule has 4 heterocycles. The summed E-state index contributed by atoms with van der Waals surface area (Å²) in [4.78, 5) is 22.9. The third kappa shape index (κ3) is 4.15. The number of methoxy groups -OCH3 is 1. The summed E-state index contributed by atoms with van der Waals surface area (Å²) < 4.78 is 5.48. The summed E-state index contributed by atoms with van der Waals surface area (Å²) in [6.45, 7) is 6.89. The summed E-state index contributed by atoms with van der Waals surface area (Å²) >= 11 is 0. The molecule has 1 amide bonds. The first-order chi connectivity index (χ1) is 15.5. The van der Waals surface area contributed by atoms with Gasteiger partial charge in [0.15, 0.2) is 0 Å². The number of piperidine rings is 3. The number of pyridine rings is 1. The molecule has 4 atom stereocenters. The van der Waals surface area contributed by atoms with E-state index >= 15 is 0 Å². The van der Waals surface area contributed by atoms with E-state index in [4.69, 9.17) is 4.74 Å². The van der Waals surface area contributed by atoms with Crippen LogP contribution >= 0.6 is 0 Å². The van der Waals surface area contributed by atoms with E-state index in [-0.39, 0.29) is 5.91 Å². The molecule has 5 nitrogen and oxygen atoms in total. The number of likely N-dealkylation sites (tertiary alicyclic amines) is 1. The summed E-state index contributed by atoms with van der Waals surface area (Å²) in [7, 11) is 1.73. The average Bonchev–Trinajstić information content (AvgIpc) is 2.80. The Bertz CT molecular complexity index is 970. The number of aryl methyl sites for hydroxylation is 2. The lowest BCUT2D eigenvalue weighted by atomic mass is 9.71. The van der Waals surface area contributed by atoms with E-state index in [1.54, 1.807) is 7.11 Å². The minimum Gasteiger partial charge on any atom is -0.497 e. The van der Waals surface area contributed by atoms with E-state index in [1.165, 1.54) is 37.8 Å². The van der Waals surface area contributed by atoms with Crippen LogP contribution in [-0.4, -0.2) is 59.5 Å². The van der Waals surface area contributed by atoms with E-state index in [1.807, 2.05) is 32.0 Å². The highest BCUT2D eigenvalue weighted by atomic mass is 16.5. The van der Waals surface area contributed by atoms with Crippen LogP contribution in [0.15, 0.2) is 36.4 Å². The third-order valence-corrected chi connectivity index (χ3v) is 7.82. The Balaban J connectivity index is 1.41. The predicted molar refractivity (Wildman–Crippen MR) is 126 cm³/mol. The van der Waals surface area contributed by atoms with E-state index in [0.29, 0.717) is 23.9 Å². The Morgan fingerprint density at radius 3 is 2.66 bits per heavy atom. The molecule has 0 spiro atoms. The molecular formula is C27H35N3O2. The molecule has 1 aromatic heterocycles. The maximum absolute atomic E-state index is 13.5. The van der Waals surface area contributed by atoms with Crippen LogP contribution < -0.4 is 4.74 Å². The molecule has 0 saturated carbocycles. The molecule has 0 aliphatic carbocycles. The van der Waals surface area contributed by atoms with Crippen molar-refractivity contribution in [2.45, 2.75) is 58.0 Å². The Kier molecular flexibility index (Phi) is 5.93. The highest BCUT2D eigenvalue weighted by Gasteiger charge is 2.47. The van der Waals surface area contributed by atoms with Crippen molar-refractivity contribution in [3.63, 3.8) is 0 Å². The minimum absolute atomic E-state index is 0.178. The van der Waals surface area contributed by atoms with Crippen LogP contribution in [-0.2, 0) is 6.42 Å². The first kappa shape index (κ1) is 21.4. The molecule has 3 fully saturated rings. The zero-order valence-corrected chi connectivity index (χ0v) is 19.6. The smallest absolute Gasteiger partial charge is 0.254 e. The summed E-state index contributed by atoms with van der Waals surface area (Å²) in [5, 5.41) is 0. The second kappa shape index (κ2) is 8.86. The van der Waals surface area contributed by atoms with Crippen LogP contribution in [0.4, 0.5) is 0 Å². The fourth-order valence-corrected chi connectivity index (χ4v) is 6.54. The fraction of sp³-hybridized carbons (Fsp3) is 0.556. The van der Waals surface area contributed by atoms with Crippen molar-refractivity contribution in [3.8, 4) is 5.75 Å². The number of carbonyl (C=O) groups excluding carboxylic acids is 1. The van der Waals surface area contributed by atoms with E-state index in [0.717, 1.165) is 42.2 Å². The number of rotatable bonds is 4. The number of ether oxygens (including phenoxy) is 1. The van der Waals surface area contributed by atoms with Gasteiger partial charge in [-0.05, 0) is 87.7 Å². The summed E-state index contributed by atoms with van der Waals surface area (Å²) in [5.41, 5.74) is 3.96. The Hall–Kier alpha value is -2.40. The number of fused-ring (bicyclic) bond motifs is 4. The SMILES string of the molecule is COc1cccc(C[C@H]2[C@H]3C[C@H](CN(C(=O)c4cc(C)nc(C)c4)C3)[C@@H]3CCCCN32)c1. The van der Waals surface area contributed by atoms with Crippen LogP contribution in [0.1, 0.15) is 53.0 Å². The van der Waals surface area contributed by atoms with Gasteiger partial charge < -0.3 is 9.64 Å². The number of carbonyl (C=O) groups is 1. The molecule has 2 bridgehead atoms. The predicted octanol–water partition coefficient (Wildman–Crippen LogP) is 4.26. The van der Waals surface area contributed by atoms with Gasteiger partial charge >= 0.3 is 0 Å². The number of aromatic nitrogens is 1.